The van der Waals surface area contributed by atoms with Crippen LogP contribution in [0.2, 0.25) is 0 Å². The van der Waals surface area contributed by atoms with Crippen molar-refractivity contribution in [3.8, 4) is 0 Å². The van der Waals surface area contributed by atoms with E-state index in [1.165, 1.54) is 32.4 Å². The molecule has 0 spiro atoms. The van der Waals surface area contributed by atoms with Crippen molar-refractivity contribution in [1.29, 1.82) is 0 Å². The molecular formula is C18H26N4O. The predicted molar refractivity (Wildman–Crippen MR) is 92.8 cm³/mol. The van der Waals surface area contributed by atoms with Crippen LogP contribution in [0.15, 0.2) is 18.2 Å². The molecule has 3 saturated heterocycles. The summed E-state index contributed by atoms with van der Waals surface area (Å²) in [6.07, 6.45) is 5.83. The summed E-state index contributed by atoms with van der Waals surface area (Å²) >= 11 is 0. The van der Waals surface area contributed by atoms with Crippen molar-refractivity contribution in [3.05, 3.63) is 23.8 Å². The number of nitrogen functional groups attached to an aromatic ring is 1. The van der Waals surface area contributed by atoms with Crippen LogP contribution in [0, 0.1) is 0 Å². The molecule has 1 aromatic rings. The molecule has 5 heteroatoms. The van der Waals surface area contributed by atoms with Gasteiger partial charge in [0.05, 0.1) is 5.56 Å². The van der Waals surface area contributed by atoms with Gasteiger partial charge in [0.25, 0.3) is 5.91 Å². The molecular weight excluding hydrogens is 288 g/mol. The maximum Gasteiger partial charge on any atom is 0.253 e. The fraction of sp³-hybridized carbons (Fsp3) is 0.611. The standard InChI is InChI=1S/C18H26N4O/c19-17-5-4-15(12-16(17)18(23)20-13-2-1-3-13)22-11-10-21-8-6-14(22)7-9-21/h4-5,12-14H,1-3,6-11,19H2,(H,20,23). The fourth-order valence-corrected chi connectivity index (χ4v) is 3.96. The summed E-state index contributed by atoms with van der Waals surface area (Å²) in [7, 11) is 0. The first kappa shape index (κ1) is 14.8. The lowest BCUT2D eigenvalue weighted by Crippen LogP contribution is -2.40. The molecule has 1 amide bonds. The minimum absolute atomic E-state index is 0.0167. The first-order valence-corrected chi connectivity index (χ1v) is 8.90. The van der Waals surface area contributed by atoms with Crippen molar-refractivity contribution in [2.75, 3.05) is 36.8 Å². The van der Waals surface area contributed by atoms with Gasteiger partial charge in [-0.05, 0) is 50.3 Å². The largest absolute Gasteiger partial charge is 0.398 e. The molecule has 4 fully saturated rings. The van der Waals surface area contributed by atoms with Gasteiger partial charge in [-0.15, -0.1) is 0 Å². The lowest BCUT2D eigenvalue weighted by atomic mass is 9.93. The quantitative estimate of drug-likeness (QED) is 0.836. The third-order valence-corrected chi connectivity index (χ3v) is 5.71. The molecule has 5 nitrogen and oxygen atoms in total. The second kappa shape index (κ2) is 6.04. The van der Waals surface area contributed by atoms with Crippen molar-refractivity contribution >= 4 is 17.3 Å². The number of benzene rings is 1. The van der Waals surface area contributed by atoms with Gasteiger partial charge in [0.1, 0.15) is 0 Å². The van der Waals surface area contributed by atoms with Crippen molar-refractivity contribution in [3.63, 3.8) is 0 Å². The number of fused-ring (bicyclic) bond motifs is 4. The minimum atomic E-state index is -0.0167. The third kappa shape index (κ3) is 2.90. The molecule has 3 heterocycles. The molecule has 1 saturated carbocycles. The molecule has 0 unspecified atom stereocenters. The van der Waals surface area contributed by atoms with Crippen LogP contribution in [0.1, 0.15) is 42.5 Å². The van der Waals surface area contributed by atoms with Gasteiger partial charge >= 0.3 is 0 Å². The average molecular weight is 314 g/mol. The SMILES string of the molecule is Nc1ccc(N2CCN3CCC2CC3)cc1C(=O)NC1CCC1. The van der Waals surface area contributed by atoms with E-state index in [9.17, 15) is 4.79 Å². The summed E-state index contributed by atoms with van der Waals surface area (Å²) in [5.41, 5.74) is 8.43. The molecule has 3 N–H and O–H groups in total. The lowest BCUT2D eigenvalue weighted by Gasteiger charge is -2.33. The number of rotatable bonds is 3. The normalized spacial score (nSPS) is 27.4. The summed E-state index contributed by atoms with van der Waals surface area (Å²) in [5.74, 6) is -0.0167. The van der Waals surface area contributed by atoms with E-state index in [4.69, 9.17) is 5.73 Å². The highest BCUT2D eigenvalue weighted by Crippen LogP contribution is 2.29. The number of hydrogen-bond donors (Lipinski definition) is 2. The summed E-state index contributed by atoms with van der Waals surface area (Å²) in [6, 6.07) is 6.90. The topological polar surface area (TPSA) is 61.6 Å². The summed E-state index contributed by atoms with van der Waals surface area (Å²) in [6.45, 7) is 4.55. The van der Waals surface area contributed by atoms with Crippen LogP contribution in [0.5, 0.6) is 0 Å². The maximum absolute atomic E-state index is 12.5. The zero-order valence-electron chi connectivity index (χ0n) is 13.6. The van der Waals surface area contributed by atoms with Crippen LogP contribution in [-0.2, 0) is 0 Å². The van der Waals surface area contributed by atoms with Crippen molar-refractivity contribution < 1.29 is 4.79 Å². The molecule has 0 radical (unpaired) electrons. The summed E-state index contributed by atoms with van der Waals surface area (Å²) in [5, 5.41) is 3.10. The molecule has 0 aromatic heterocycles. The molecule has 4 aliphatic rings. The molecule has 3 aliphatic heterocycles. The Kier molecular flexibility index (Phi) is 3.89. The zero-order valence-corrected chi connectivity index (χ0v) is 13.6. The number of nitrogens with zero attached hydrogens (tertiary/aromatic N) is 2. The van der Waals surface area contributed by atoms with Gasteiger partial charge in [0.15, 0.2) is 0 Å². The van der Waals surface area contributed by atoms with Crippen LogP contribution >= 0.6 is 0 Å². The smallest absolute Gasteiger partial charge is 0.253 e. The highest BCUT2D eigenvalue weighted by molar-refractivity contribution is 6.00. The average Bonchev–Trinajstić information content (AvgIpc) is 2.85. The Balaban J connectivity index is 1.56. The lowest BCUT2D eigenvalue weighted by molar-refractivity contribution is 0.0918. The van der Waals surface area contributed by atoms with E-state index >= 15 is 0 Å². The number of nitrogens with two attached hydrogens (primary N) is 1. The van der Waals surface area contributed by atoms with E-state index in [0.717, 1.165) is 31.6 Å². The number of carbonyl (C=O) groups is 1. The second-order valence-corrected chi connectivity index (χ2v) is 7.14. The Bertz CT molecular complexity index is 591. The van der Waals surface area contributed by atoms with Crippen LogP contribution < -0.4 is 16.0 Å². The second-order valence-electron chi connectivity index (χ2n) is 7.14. The maximum atomic E-state index is 12.5. The third-order valence-electron chi connectivity index (χ3n) is 5.71. The number of anilines is 2. The Labute approximate surface area is 137 Å². The van der Waals surface area contributed by atoms with Crippen LogP contribution in [0.25, 0.3) is 0 Å². The zero-order chi connectivity index (χ0) is 15.8. The van der Waals surface area contributed by atoms with E-state index in [-0.39, 0.29) is 5.91 Å². The van der Waals surface area contributed by atoms with E-state index in [0.29, 0.717) is 23.3 Å². The van der Waals surface area contributed by atoms with Crippen LogP contribution in [0.3, 0.4) is 0 Å². The summed E-state index contributed by atoms with van der Waals surface area (Å²) < 4.78 is 0. The number of carbonyl (C=O) groups excluding carboxylic acids is 1. The first-order chi connectivity index (χ1) is 11.2. The van der Waals surface area contributed by atoms with Crippen LogP contribution in [0.4, 0.5) is 11.4 Å². The molecule has 1 aromatic carbocycles. The predicted octanol–water partition coefficient (Wildman–Crippen LogP) is 1.84. The number of piperidine rings is 1. The van der Waals surface area contributed by atoms with Crippen molar-refractivity contribution in [2.24, 2.45) is 0 Å². The van der Waals surface area contributed by atoms with Gasteiger partial charge < -0.3 is 20.9 Å². The molecule has 2 bridgehead atoms. The van der Waals surface area contributed by atoms with E-state index in [2.05, 4.69) is 21.2 Å². The van der Waals surface area contributed by atoms with Gasteiger partial charge in [-0.25, -0.2) is 0 Å². The molecule has 23 heavy (non-hydrogen) atoms. The highest BCUT2D eigenvalue weighted by Gasteiger charge is 2.30. The van der Waals surface area contributed by atoms with Gasteiger partial charge in [-0.1, -0.05) is 0 Å². The van der Waals surface area contributed by atoms with Gasteiger partial charge in [0, 0.05) is 49.6 Å². The van der Waals surface area contributed by atoms with Gasteiger partial charge in [0.2, 0.25) is 0 Å². The van der Waals surface area contributed by atoms with E-state index < -0.39 is 0 Å². The Morgan fingerprint density at radius 1 is 1.09 bits per heavy atom. The number of amides is 1. The molecule has 0 atom stereocenters. The molecule has 1 aliphatic carbocycles. The Morgan fingerprint density at radius 3 is 2.57 bits per heavy atom. The number of nitrogens with one attached hydrogen (secondary N) is 1. The van der Waals surface area contributed by atoms with E-state index in [1.807, 2.05) is 12.1 Å². The fourth-order valence-electron chi connectivity index (χ4n) is 3.96. The monoisotopic (exact) mass is 314 g/mol. The van der Waals surface area contributed by atoms with Gasteiger partial charge in [-0.3, -0.25) is 4.79 Å². The molecule has 124 valence electrons. The van der Waals surface area contributed by atoms with E-state index in [1.54, 1.807) is 0 Å². The Morgan fingerprint density at radius 2 is 1.87 bits per heavy atom. The van der Waals surface area contributed by atoms with Crippen molar-refractivity contribution in [1.82, 2.24) is 10.2 Å². The summed E-state index contributed by atoms with van der Waals surface area (Å²) in [4.78, 5) is 17.5. The van der Waals surface area contributed by atoms with Crippen molar-refractivity contribution in [2.45, 2.75) is 44.2 Å². The Hall–Kier alpha value is -1.75. The number of hydrogen-bond acceptors (Lipinski definition) is 4. The molecule has 5 rings (SSSR count). The van der Waals surface area contributed by atoms with Gasteiger partial charge in [-0.2, -0.15) is 0 Å². The first-order valence-electron chi connectivity index (χ1n) is 8.90. The minimum Gasteiger partial charge on any atom is -0.398 e. The highest BCUT2D eigenvalue weighted by atomic mass is 16.1. The van der Waals surface area contributed by atoms with Crippen LogP contribution in [-0.4, -0.2) is 49.1 Å².